The summed E-state index contributed by atoms with van der Waals surface area (Å²) in [4.78, 5) is 1.30. The van der Waals surface area contributed by atoms with Gasteiger partial charge < -0.3 is 5.11 Å². The van der Waals surface area contributed by atoms with Crippen LogP contribution in [0.15, 0.2) is 11.4 Å². The largest absolute Gasteiger partial charge is 0.385 e. The second kappa shape index (κ2) is 4.74. The van der Waals surface area contributed by atoms with Crippen molar-refractivity contribution in [2.45, 2.75) is 52.6 Å². The van der Waals surface area contributed by atoms with Crippen LogP contribution in [0.3, 0.4) is 0 Å². The van der Waals surface area contributed by atoms with E-state index in [0.29, 0.717) is 17.8 Å². The first-order valence-electron chi connectivity index (χ1n) is 6.71. The van der Waals surface area contributed by atoms with Crippen molar-refractivity contribution in [1.82, 2.24) is 0 Å². The van der Waals surface area contributed by atoms with Gasteiger partial charge in [-0.15, -0.1) is 11.3 Å². The fraction of sp³-hybridized carbons (Fsp3) is 0.733. The minimum absolute atomic E-state index is 0.410. The number of aryl methyl sites for hydroxylation is 1. The summed E-state index contributed by atoms with van der Waals surface area (Å²) in [5.74, 6) is 1.59. The minimum atomic E-state index is -0.587. The van der Waals surface area contributed by atoms with E-state index in [9.17, 15) is 5.11 Å². The van der Waals surface area contributed by atoms with E-state index in [1.54, 1.807) is 11.3 Å². The first-order chi connectivity index (χ1) is 7.93. The van der Waals surface area contributed by atoms with Crippen LogP contribution in [0.25, 0.3) is 0 Å². The first kappa shape index (κ1) is 13.1. The molecule has 1 N–H and O–H groups in total. The zero-order valence-corrected chi connectivity index (χ0v) is 12.2. The van der Waals surface area contributed by atoms with Crippen molar-refractivity contribution in [3.8, 4) is 0 Å². The van der Waals surface area contributed by atoms with Crippen LogP contribution in [0, 0.1) is 24.7 Å². The molecule has 3 atom stereocenters. The molecule has 1 fully saturated rings. The van der Waals surface area contributed by atoms with Gasteiger partial charge in [-0.3, -0.25) is 0 Å². The molecule has 3 unspecified atom stereocenters. The van der Waals surface area contributed by atoms with Crippen molar-refractivity contribution in [2.24, 2.45) is 17.8 Å². The van der Waals surface area contributed by atoms with E-state index in [2.05, 4.69) is 39.1 Å². The Morgan fingerprint density at radius 1 is 1.41 bits per heavy atom. The van der Waals surface area contributed by atoms with Gasteiger partial charge in [0.05, 0.1) is 5.60 Å². The maximum Gasteiger partial charge on any atom is 0.0937 e. The van der Waals surface area contributed by atoms with Gasteiger partial charge in [0.15, 0.2) is 0 Å². The zero-order valence-electron chi connectivity index (χ0n) is 11.4. The molecule has 1 saturated carbocycles. The number of hydrogen-bond acceptors (Lipinski definition) is 2. The highest BCUT2D eigenvalue weighted by Crippen LogP contribution is 2.47. The van der Waals surface area contributed by atoms with Gasteiger partial charge in [-0.1, -0.05) is 27.2 Å². The average Bonchev–Trinajstić information content (AvgIpc) is 2.64. The van der Waals surface area contributed by atoms with Gasteiger partial charge in [0.25, 0.3) is 0 Å². The highest BCUT2D eigenvalue weighted by atomic mass is 32.1. The van der Waals surface area contributed by atoms with E-state index in [1.165, 1.54) is 11.3 Å². The van der Waals surface area contributed by atoms with Crippen LogP contribution in [0.5, 0.6) is 0 Å². The van der Waals surface area contributed by atoms with E-state index < -0.39 is 5.60 Å². The fourth-order valence-electron chi connectivity index (χ4n) is 3.37. The Labute approximate surface area is 109 Å². The van der Waals surface area contributed by atoms with Crippen LogP contribution in [-0.4, -0.2) is 5.11 Å². The van der Waals surface area contributed by atoms with E-state index in [0.717, 1.165) is 18.4 Å². The minimum Gasteiger partial charge on any atom is -0.385 e. The Hall–Kier alpha value is -0.340. The molecule has 1 aromatic heterocycles. The van der Waals surface area contributed by atoms with Gasteiger partial charge in [0, 0.05) is 4.88 Å². The molecule has 0 amide bonds. The molecule has 0 aliphatic heterocycles. The Morgan fingerprint density at radius 2 is 2.12 bits per heavy atom. The Balaban J connectivity index is 2.35. The summed E-state index contributed by atoms with van der Waals surface area (Å²) in [5.41, 5.74) is 0.571. The SMILES string of the molecule is Cc1cc(C2(O)CC(C)CCC2C(C)C)cs1. The van der Waals surface area contributed by atoms with Crippen LogP contribution in [0.4, 0.5) is 0 Å². The van der Waals surface area contributed by atoms with Gasteiger partial charge >= 0.3 is 0 Å². The molecule has 0 spiro atoms. The highest BCUT2D eigenvalue weighted by Gasteiger charge is 2.44. The lowest BCUT2D eigenvalue weighted by atomic mass is 9.65. The second-order valence-corrected chi connectivity index (χ2v) is 7.22. The van der Waals surface area contributed by atoms with E-state index in [1.807, 2.05) is 0 Å². The van der Waals surface area contributed by atoms with Gasteiger partial charge in [0.2, 0.25) is 0 Å². The van der Waals surface area contributed by atoms with E-state index in [-0.39, 0.29) is 0 Å². The molecular formula is C15H24OS. The highest BCUT2D eigenvalue weighted by molar-refractivity contribution is 7.10. The fourth-order valence-corrected chi connectivity index (χ4v) is 4.15. The van der Waals surface area contributed by atoms with Crippen molar-refractivity contribution in [3.63, 3.8) is 0 Å². The summed E-state index contributed by atoms with van der Waals surface area (Å²) < 4.78 is 0. The quantitative estimate of drug-likeness (QED) is 0.830. The van der Waals surface area contributed by atoms with Crippen molar-refractivity contribution in [1.29, 1.82) is 0 Å². The van der Waals surface area contributed by atoms with E-state index >= 15 is 0 Å². The molecular weight excluding hydrogens is 228 g/mol. The van der Waals surface area contributed by atoms with Gasteiger partial charge in [0.1, 0.15) is 0 Å². The molecule has 0 saturated heterocycles. The molecule has 1 aromatic rings. The summed E-state index contributed by atoms with van der Waals surface area (Å²) in [5, 5.41) is 13.3. The van der Waals surface area contributed by atoms with Gasteiger partial charge in [-0.05, 0) is 54.5 Å². The second-order valence-electron chi connectivity index (χ2n) is 6.11. The van der Waals surface area contributed by atoms with Crippen LogP contribution >= 0.6 is 11.3 Å². The molecule has 0 radical (unpaired) electrons. The zero-order chi connectivity index (χ0) is 12.6. The molecule has 96 valence electrons. The molecule has 17 heavy (non-hydrogen) atoms. The molecule has 2 heteroatoms. The van der Waals surface area contributed by atoms with Gasteiger partial charge in [-0.25, -0.2) is 0 Å². The molecule has 0 bridgehead atoms. The predicted molar refractivity (Wildman–Crippen MR) is 74.3 cm³/mol. The Kier molecular flexibility index (Phi) is 3.65. The topological polar surface area (TPSA) is 20.2 Å². The third-order valence-electron chi connectivity index (χ3n) is 4.28. The van der Waals surface area contributed by atoms with Crippen molar-refractivity contribution in [2.75, 3.05) is 0 Å². The van der Waals surface area contributed by atoms with Crippen LogP contribution in [0.2, 0.25) is 0 Å². The number of rotatable bonds is 2. The molecule has 0 aromatic carbocycles. The third-order valence-corrected chi connectivity index (χ3v) is 5.14. The summed E-state index contributed by atoms with van der Waals surface area (Å²) in [6, 6.07) is 2.18. The molecule has 1 aliphatic carbocycles. The van der Waals surface area contributed by atoms with Crippen LogP contribution in [0.1, 0.15) is 50.5 Å². The smallest absolute Gasteiger partial charge is 0.0937 e. The average molecular weight is 252 g/mol. The number of aliphatic hydroxyl groups is 1. The van der Waals surface area contributed by atoms with Gasteiger partial charge in [-0.2, -0.15) is 0 Å². The maximum absolute atomic E-state index is 11.2. The summed E-state index contributed by atoms with van der Waals surface area (Å²) in [6.07, 6.45) is 3.34. The maximum atomic E-state index is 11.2. The Morgan fingerprint density at radius 3 is 2.65 bits per heavy atom. The van der Waals surface area contributed by atoms with Crippen LogP contribution < -0.4 is 0 Å². The van der Waals surface area contributed by atoms with Crippen LogP contribution in [-0.2, 0) is 5.60 Å². The van der Waals surface area contributed by atoms with Crippen molar-refractivity contribution in [3.05, 3.63) is 21.9 Å². The predicted octanol–water partition coefficient (Wildman–Crippen LogP) is 4.34. The van der Waals surface area contributed by atoms with Crippen molar-refractivity contribution >= 4 is 11.3 Å². The summed E-state index contributed by atoms with van der Waals surface area (Å²) in [7, 11) is 0. The van der Waals surface area contributed by atoms with E-state index in [4.69, 9.17) is 0 Å². The summed E-state index contributed by atoms with van der Waals surface area (Å²) >= 11 is 1.75. The normalized spacial score (nSPS) is 34.2. The lowest BCUT2D eigenvalue weighted by Crippen LogP contribution is -2.42. The van der Waals surface area contributed by atoms with Crippen molar-refractivity contribution < 1.29 is 5.11 Å². The molecule has 1 heterocycles. The standard InChI is InChI=1S/C15H24OS/c1-10(2)14-6-5-11(3)8-15(14,16)13-7-12(4)17-9-13/h7,9-11,14,16H,5-6,8H2,1-4H3. The number of thiophene rings is 1. The lowest BCUT2D eigenvalue weighted by Gasteiger charge is -2.44. The first-order valence-corrected chi connectivity index (χ1v) is 7.59. The third kappa shape index (κ3) is 2.43. The Bertz CT molecular complexity index is 382. The monoisotopic (exact) mass is 252 g/mol. The molecule has 1 aliphatic rings. The number of hydrogen-bond donors (Lipinski definition) is 1. The summed E-state index contributed by atoms with van der Waals surface area (Å²) in [6.45, 7) is 8.87. The molecule has 1 nitrogen and oxygen atoms in total. The lowest BCUT2D eigenvalue weighted by molar-refractivity contribution is -0.0863. The molecule has 2 rings (SSSR count).